The van der Waals surface area contributed by atoms with Gasteiger partial charge in [-0.1, -0.05) is 31.2 Å². The largest absolute Gasteiger partial charge is 0.372 e. The first-order chi connectivity index (χ1) is 12.9. The lowest BCUT2D eigenvalue weighted by atomic mass is 10.2. The van der Waals surface area contributed by atoms with Crippen LogP contribution < -0.4 is 5.32 Å². The quantitative estimate of drug-likeness (QED) is 0.192. The number of aromatic nitrogens is 4. The lowest BCUT2D eigenvalue weighted by molar-refractivity contribution is 1.21. The number of rotatable bonds is 1. The van der Waals surface area contributed by atoms with Crippen molar-refractivity contribution in [3.05, 3.63) is 61.1 Å². The maximum absolute atomic E-state index is 5.88. The van der Waals surface area contributed by atoms with Crippen molar-refractivity contribution in [2.75, 3.05) is 12.4 Å². The molecule has 1 N–H and O–H groups in total. The van der Waals surface area contributed by atoms with Gasteiger partial charge in [0.05, 0.1) is 11.0 Å². The van der Waals surface area contributed by atoms with E-state index in [1.54, 1.807) is 7.05 Å². The molecule has 0 saturated heterocycles. The van der Waals surface area contributed by atoms with Crippen LogP contribution in [0.25, 0.3) is 21.8 Å². The third-order valence-corrected chi connectivity index (χ3v) is 5.40. The summed E-state index contributed by atoms with van der Waals surface area (Å²) in [6.07, 6.45) is 0. The van der Waals surface area contributed by atoms with Crippen molar-refractivity contribution < 1.29 is 0 Å². The second kappa shape index (κ2) is 9.98. The highest BCUT2D eigenvalue weighted by Crippen LogP contribution is 2.28. The zero-order valence-electron chi connectivity index (χ0n) is 13.6. The number of benzene rings is 2. The number of hydrogen-bond acceptors (Lipinski definition) is 5. The molecule has 28 heavy (non-hydrogen) atoms. The van der Waals surface area contributed by atoms with Crippen molar-refractivity contribution in [1.82, 2.24) is 19.9 Å². The number of para-hydroxylation sites is 2. The summed E-state index contributed by atoms with van der Waals surface area (Å²) in [6, 6.07) is 11.4. The summed E-state index contributed by atoms with van der Waals surface area (Å²) in [7, 11) is 1.80. The summed E-state index contributed by atoms with van der Waals surface area (Å²) < 4.78 is 1.77. The third kappa shape index (κ3) is 5.02. The van der Waals surface area contributed by atoms with Crippen LogP contribution in [-0.4, -0.2) is 27.0 Å². The molecule has 2 aromatic heterocycles. The van der Waals surface area contributed by atoms with Gasteiger partial charge in [-0.25, -0.2) is 19.9 Å². The average Bonchev–Trinajstić information content (AvgIpc) is 2.63. The molecule has 0 unspecified atom stereocenters. The van der Waals surface area contributed by atoms with Gasteiger partial charge in [-0.15, -0.1) is 0 Å². The predicted octanol–water partition coefficient (Wildman–Crippen LogP) is 7.42. The van der Waals surface area contributed by atoms with Crippen molar-refractivity contribution in [2.45, 2.75) is 7.43 Å². The molecule has 2 aromatic carbocycles. The van der Waals surface area contributed by atoms with Crippen LogP contribution in [0.5, 0.6) is 0 Å². The molecule has 4 aromatic rings. The maximum Gasteiger partial charge on any atom is 0.224 e. The van der Waals surface area contributed by atoms with Crippen LogP contribution in [0, 0.1) is 0 Å². The molecule has 4 rings (SSSR count). The molecule has 0 radical (unpaired) electrons. The number of nitrogens with one attached hydrogen (secondary N) is 1. The van der Waals surface area contributed by atoms with Gasteiger partial charge < -0.3 is 5.32 Å². The van der Waals surface area contributed by atoms with Crippen molar-refractivity contribution in [1.29, 1.82) is 0 Å². The van der Waals surface area contributed by atoms with E-state index >= 15 is 0 Å². The number of fused-ring (bicyclic) bond motifs is 2. The van der Waals surface area contributed by atoms with E-state index in [-0.39, 0.29) is 18.0 Å². The lowest BCUT2D eigenvalue weighted by Crippen LogP contribution is -1.96. The first-order valence-electron chi connectivity index (χ1n) is 7.47. The molecular formula is C18H14Br2Cl3N5. The van der Waals surface area contributed by atoms with Crippen LogP contribution in [0.2, 0.25) is 15.7 Å². The van der Waals surface area contributed by atoms with Gasteiger partial charge >= 0.3 is 0 Å². The van der Waals surface area contributed by atoms with Gasteiger partial charge in [-0.05, 0) is 79.3 Å². The van der Waals surface area contributed by atoms with Crippen molar-refractivity contribution in [3.63, 3.8) is 0 Å². The summed E-state index contributed by atoms with van der Waals surface area (Å²) in [6.45, 7) is 0. The van der Waals surface area contributed by atoms with Crippen LogP contribution in [-0.2, 0) is 0 Å². The molecule has 0 amide bonds. The molecule has 2 heterocycles. The van der Waals surface area contributed by atoms with Gasteiger partial charge in [0.1, 0.15) is 11.0 Å². The first-order valence-corrected chi connectivity index (χ1v) is 10.2. The second-order valence-electron chi connectivity index (χ2n) is 5.15. The van der Waals surface area contributed by atoms with E-state index in [1.165, 1.54) is 0 Å². The fraction of sp³-hybridized carbons (Fsp3) is 0.111. The highest BCUT2D eigenvalue weighted by molar-refractivity contribution is 9.11. The molecule has 0 saturated carbocycles. The minimum absolute atomic E-state index is 0. The summed E-state index contributed by atoms with van der Waals surface area (Å²) in [4.78, 5) is 16.1. The van der Waals surface area contributed by atoms with E-state index in [2.05, 4.69) is 57.1 Å². The van der Waals surface area contributed by atoms with Crippen LogP contribution in [0.4, 0.5) is 5.82 Å². The fourth-order valence-electron chi connectivity index (χ4n) is 2.33. The van der Waals surface area contributed by atoms with Gasteiger partial charge in [0.2, 0.25) is 10.6 Å². The molecule has 146 valence electrons. The topological polar surface area (TPSA) is 63.6 Å². The Balaban J connectivity index is 0.000000194. The van der Waals surface area contributed by atoms with Gasteiger partial charge in [0, 0.05) is 26.8 Å². The molecule has 0 aliphatic carbocycles. The van der Waals surface area contributed by atoms with E-state index in [9.17, 15) is 0 Å². The molecule has 0 aliphatic heterocycles. The predicted molar refractivity (Wildman–Crippen MR) is 126 cm³/mol. The van der Waals surface area contributed by atoms with Gasteiger partial charge in [-0.2, -0.15) is 0 Å². The van der Waals surface area contributed by atoms with Crippen molar-refractivity contribution in [2.24, 2.45) is 0 Å². The van der Waals surface area contributed by atoms with Crippen molar-refractivity contribution >= 4 is 94.3 Å². The highest BCUT2D eigenvalue weighted by atomic mass is 79.9. The minimum Gasteiger partial charge on any atom is -0.372 e. The molecule has 0 aliphatic rings. The maximum atomic E-state index is 5.88. The van der Waals surface area contributed by atoms with Crippen molar-refractivity contribution in [3.8, 4) is 0 Å². The average molecular weight is 567 g/mol. The minimum atomic E-state index is 0. The summed E-state index contributed by atoms with van der Waals surface area (Å²) in [5, 5.41) is 5.50. The summed E-state index contributed by atoms with van der Waals surface area (Å²) >= 11 is 24.1. The summed E-state index contributed by atoms with van der Waals surface area (Å²) in [5.41, 5.74) is 1.55. The van der Waals surface area contributed by atoms with Gasteiger partial charge in [-0.3, -0.25) is 0 Å². The standard InChI is InChI=1S/C9H7BrClN3.C8H3BrCl2N2.CH4/c1-12-8-5-3-2-4-6(10)7(5)13-9(11)14-8;9-5-3-1-2-4-6(5)12-8(11)13-7(4)10;/h2-4H,1H3,(H,12,13,14);1-3H;1H4. The van der Waals surface area contributed by atoms with E-state index < -0.39 is 0 Å². The fourth-order valence-corrected chi connectivity index (χ4v) is 3.86. The molecule has 0 spiro atoms. The van der Waals surface area contributed by atoms with Crippen LogP contribution in [0.15, 0.2) is 45.3 Å². The Morgan fingerprint density at radius 2 is 1.25 bits per heavy atom. The van der Waals surface area contributed by atoms with Crippen LogP contribution >= 0.6 is 66.7 Å². The molecular weight excluding hydrogens is 552 g/mol. The molecule has 0 atom stereocenters. The first kappa shape index (κ1) is 23.0. The van der Waals surface area contributed by atoms with E-state index in [0.29, 0.717) is 5.15 Å². The zero-order chi connectivity index (χ0) is 19.6. The Hall–Kier alpha value is -1.25. The number of nitrogens with zero attached hydrogens (tertiary/aromatic N) is 4. The summed E-state index contributed by atoms with van der Waals surface area (Å²) in [5.74, 6) is 0.737. The second-order valence-corrected chi connectivity index (χ2v) is 7.89. The number of halogens is 5. The molecule has 0 bridgehead atoms. The monoisotopic (exact) mass is 563 g/mol. The van der Waals surface area contributed by atoms with Gasteiger partial charge in [0.15, 0.2) is 0 Å². The zero-order valence-corrected chi connectivity index (χ0v) is 19.1. The Morgan fingerprint density at radius 3 is 1.82 bits per heavy atom. The smallest absolute Gasteiger partial charge is 0.224 e. The Bertz CT molecular complexity index is 1140. The van der Waals surface area contributed by atoms with E-state index in [4.69, 9.17) is 34.8 Å². The number of hydrogen-bond donors (Lipinski definition) is 1. The van der Waals surface area contributed by atoms with E-state index in [1.807, 2.05) is 36.4 Å². The Kier molecular flexibility index (Phi) is 8.21. The van der Waals surface area contributed by atoms with Crippen LogP contribution in [0.3, 0.4) is 0 Å². The number of anilines is 1. The van der Waals surface area contributed by atoms with Crippen LogP contribution in [0.1, 0.15) is 7.43 Å². The molecule has 0 fully saturated rings. The van der Waals surface area contributed by atoms with E-state index in [0.717, 1.165) is 36.6 Å². The Morgan fingerprint density at radius 1 is 0.750 bits per heavy atom. The highest BCUT2D eigenvalue weighted by Gasteiger charge is 2.07. The lowest BCUT2D eigenvalue weighted by Gasteiger charge is -2.05. The normalized spacial score (nSPS) is 10.2. The Labute approximate surface area is 194 Å². The SMILES string of the molecule is C.CNc1nc(Cl)nc2c(Br)cccc12.Clc1nc(Cl)c2cccc(Br)c2n1. The van der Waals surface area contributed by atoms with Gasteiger partial charge in [0.25, 0.3) is 0 Å². The third-order valence-electron chi connectivity index (χ3n) is 3.49. The molecule has 10 heteroatoms. The molecule has 5 nitrogen and oxygen atoms in total.